The molecule has 0 unspecified atom stereocenters. The van der Waals surface area contributed by atoms with E-state index in [0.29, 0.717) is 9.21 Å². The minimum Gasteiger partial charge on any atom is -0.324 e. The molecule has 1 rings (SSSR count). The first kappa shape index (κ1) is 10.9. The Morgan fingerprint density at radius 2 is 2.27 bits per heavy atom. The van der Waals surface area contributed by atoms with Gasteiger partial charge in [-0.25, -0.2) is 0 Å². The monoisotopic (exact) mass is 211 g/mol. The van der Waals surface area contributed by atoms with Crippen molar-refractivity contribution < 1.29 is 4.79 Å². The van der Waals surface area contributed by atoms with Crippen LogP contribution in [0.2, 0.25) is 4.34 Å². The maximum absolute atomic E-state index is 10.9. The van der Waals surface area contributed by atoms with E-state index in [1.54, 1.807) is 12.1 Å². The van der Waals surface area contributed by atoms with E-state index in [4.69, 9.17) is 17.3 Å². The molecular weight excluding hydrogens is 205 g/mol. The number of carbonyl (C=O) groups is 1. The lowest BCUT2D eigenvalue weighted by Gasteiger charge is -1.87. The zero-order valence-corrected chi connectivity index (χ0v) is 7.93. The third-order valence-electron chi connectivity index (χ3n) is 1.03. The van der Waals surface area contributed by atoms with Crippen molar-refractivity contribution in [2.45, 2.75) is 0 Å². The molecule has 5 heteroatoms. The maximum atomic E-state index is 10.9. The van der Waals surface area contributed by atoms with Gasteiger partial charge in [-0.05, 0) is 12.1 Å². The van der Waals surface area contributed by atoms with E-state index in [1.165, 1.54) is 11.3 Å². The second kappa shape index (κ2) is 4.72. The first-order chi connectivity index (χ1) is 4.74. The van der Waals surface area contributed by atoms with Crippen molar-refractivity contribution >= 4 is 41.1 Å². The van der Waals surface area contributed by atoms with E-state index in [0.717, 1.165) is 0 Å². The summed E-state index contributed by atoms with van der Waals surface area (Å²) in [6.07, 6.45) is 0. The molecule has 0 bridgehead atoms. The Hall–Kier alpha value is -0.0900. The van der Waals surface area contributed by atoms with Gasteiger partial charge >= 0.3 is 0 Å². The van der Waals surface area contributed by atoms with Gasteiger partial charge < -0.3 is 5.73 Å². The number of thiophene rings is 1. The average molecular weight is 212 g/mol. The smallest absolute Gasteiger partial charge is 0.186 e. The largest absolute Gasteiger partial charge is 0.324 e. The van der Waals surface area contributed by atoms with Crippen molar-refractivity contribution in [2.24, 2.45) is 5.73 Å². The third kappa shape index (κ3) is 2.79. The number of rotatable bonds is 2. The Bertz CT molecular complexity index is 248. The summed E-state index contributed by atoms with van der Waals surface area (Å²) in [5.74, 6) is -0.0584. The predicted octanol–water partition coefficient (Wildman–Crippen LogP) is 1.96. The van der Waals surface area contributed by atoms with E-state index in [2.05, 4.69) is 0 Å². The first-order valence-corrected chi connectivity index (χ1v) is 3.92. The fraction of sp³-hybridized carbons (Fsp3) is 0.167. The molecule has 0 saturated heterocycles. The molecule has 0 aromatic carbocycles. The summed E-state index contributed by atoms with van der Waals surface area (Å²) in [5.41, 5.74) is 5.13. The van der Waals surface area contributed by atoms with E-state index >= 15 is 0 Å². The van der Waals surface area contributed by atoms with Crippen LogP contribution in [0.1, 0.15) is 9.67 Å². The van der Waals surface area contributed by atoms with Crippen LogP contribution in [0.15, 0.2) is 12.1 Å². The summed E-state index contributed by atoms with van der Waals surface area (Å²) in [5, 5.41) is 0. The van der Waals surface area contributed by atoms with E-state index in [9.17, 15) is 4.79 Å². The second-order valence-electron chi connectivity index (χ2n) is 1.73. The molecule has 0 aliphatic carbocycles. The summed E-state index contributed by atoms with van der Waals surface area (Å²) >= 11 is 6.84. The first-order valence-electron chi connectivity index (χ1n) is 2.72. The van der Waals surface area contributed by atoms with Crippen LogP contribution in [-0.2, 0) is 0 Å². The van der Waals surface area contributed by atoms with Gasteiger partial charge in [0, 0.05) is 0 Å². The average Bonchev–Trinajstić information content (AvgIpc) is 2.34. The normalized spacial score (nSPS) is 8.91. The number of halogens is 2. The number of hydrogen-bond acceptors (Lipinski definition) is 3. The highest BCUT2D eigenvalue weighted by atomic mass is 35.5. The number of ketones is 1. The topological polar surface area (TPSA) is 43.1 Å². The van der Waals surface area contributed by atoms with Gasteiger partial charge in [0.1, 0.15) is 0 Å². The Balaban J connectivity index is 0.000001000. The summed E-state index contributed by atoms with van der Waals surface area (Å²) < 4.78 is 0.622. The van der Waals surface area contributed by atoms with Gasteiger partial charge in [0.25, 0.3) is 0 Å². The van der Waals surface area contributed by atoms with Crippen molar-refractivity contribution in [3.63, 3.8) is 0 Å². The lowest BCUT2D eigenvalue weighted by molar-refractivity contribution is 0.100. The molecule has 0 saturated carbocycles. The molecule has 0 spiro atoms. The molecule has 1 heterocycles. The Morgan fingerprint density at radius 1 is 1.64 bits per heavy atom. The quantitative estimate of drug-likeness (QED) is 0.761. The van der Waals surface area contributed by atoms with E-state index < -0.39 is 0 Å². The van der Waals surface area contributed by atoms with Crippen molar-refractivity contribution in [1.82, 2.24) is 0 Å². The van der Waals surface area contributed by atoms with Gasteiger partial charge in [0.2, 0.25) is 0 Å². The lowest BCUT2D eigenvalue weighted by atomic mass is 10.3. The Morgan fingerprint density at radius 3 is 2.64 bits per heavy atom. The van der Waals surface area contributed by atoms with Gasteiger partial charge in [-0.2, -0.15) is 0 Å². The van der Waals surface area contributed by atoms with Crippen LogP contribution in [0.5, 0.6) is 0 Å². The van der Waals surface area contributed by atoms with Crippen molar-refractivity contribution in [3.05, 3.63) is 21.3 Å². The highest BCUT2D eigenvalue weighted by molar-refractivity contribution is 7.18. The minimum atomic E-state index is -0.0584. The van der Waals surface area contributed by atoms with Crippen molar-refractivity contribution in [2.75, 3.05) is 6.54 Å². The highest BCUT2D eigenvalue weighted by Gasteiger charge is 2.04. The molecule has 2 N–H and O–H groups in total. The van der Waals surface area contributed by atoms with E-state index in [-0.39, 0.29) is 24.7 Å². The summed E-state index contributed by atoms with van der Waals surface area (Å²) in [7, 11) is 0. The standard InChI is InChI=1S/C6H6ClNOS.ClH/c7-6-2-1-5(10-6)4(9)3-8;/h1-2H,3,8H2;1H. The second-order valence-corrected chi connectivity index (χ2v) is 3.45. The summed E-state index contributed by atoms with van der Waals surface area (Å²) in [6, 6.07) is 3.37. The van der Waals surface area contributed by atoms with Crippen LogP contribution < -0.4 is 5.73 Å². The molecule has 11 heavy (non-hydrogen) atoms. The summed E-state index contributed by atoms with van der Waals surface area (Å²) in [4.78, 5) is 11.5. The summed E-state index contributed by atoms with van der Waals surface area (Å²) in [6.45, 7) is 0.0524. The van der Waals surface area contributed by atoms with Gasteiger partial charge in [-0.3, -0.25) is 4.79 Å². The molecule has 1 aromatic rings. The molecular formula is C6H7Cl2NOS. The minimum absolute atomic E-state index is 0. The number of Topliss-reactive ketones (excluding diaryl/α,β-unsaturated/α-hetero) is 1. The number of hydrogen-bond donors (Lipinski definition) is 1. The van der Waals surface area contributed by atoms with Gasteiger partial charge in [-0.15, -0.1) is 23.7 Å². The molecule has 0 radical (unpaired) electrons. The maximum Gasteiger partial charge on any atom is 0.186 e. The fourth-order valence-corrected chi connectivity index (χ4v) is 1.56. The fourth-order valence-electron chi connectivity index (χ4n) is 0.565. The van der Waals surface area contributed by atoms with Gasteiger partial charge in [-0.1, -0.05) is 11.6 Å². The zero-order valence-electron chi connectivity index (χ0n) is 5.54. The number of carbonyl (C=O) groups excluding carboxylic acids is 1. The van der Waals surface area contributed by atoms with Gasteiger partial charge in [0.15, 0.2) is 5.78 Å². The van der Waals surface area contributed by atoms with Crippen molar-refractivity contribution in [1.29, 1.82) is 0 Å². The predicted molar refractivity (Wildman–Crippen MR) is 50.0 cm³/mol. The van der Waals surface area contributed by atoms with Crippen LogP contribution in [0.25, 0.3) is 0 Å². The Labute approximate surface area is 79.8 Å². The SMILES string of the molecule is Cl.NCC(=O)c1ccc(Cl)s1. The van der Waals surface area contributed by atoms with Crippen LogP contribution in [0.3, 0.4) is 0 Å². The van der Waals surface area contributed by atoms with Crippen LogP contribution >= 0.6 is 35.3 Å². The molecule has 0 atom stereocenters. The molecule has 0 amide bonds. The van der Waals surface area contributed by atoms with Crippen LogP contribution in [0.4, 0.5) is 0 Å². The number of nitrogens with two attached hydrogens (primary N) is 1. The van der Waals surface area contributed by atoms with Crippen LogP contribution in [-0.4, -0.2) is 12.3 Å². The highest BCUT2D eigenvalue weighted by Crippen LogP contribution is 2.21. The molecule has 1 aromatic heterocycles. The molecule has 0 aliphatic rings. The van der Waals surface area contributed by atoms with Crippen LogP contribution in [0, 0.1) is 0 Å². The van der Waals surface area contributed by atoms with E-state index in [1.807, 2.05) is 0 Å². The van der Waals surface area contributed by atoms with Crippen molar-refractivity contribution in [3.8, 4) is 0 Å². The lowest BCUT2D eigenvalue weighted by Crippen LogP contribution is -2.11. The van der Waals surface area contributed by atoms with Gasteiger partial charge in [0.05, 0.1) is 15.8 Å². The molecule has 0 aliphatic heterocycles. The third-order valence-corrected chi connectivity index (χ3v) is 2.31. The Kier molecular flexibility index (Phi) is 4.68. The molecule has 2 nitrogen and oxygen atoms in total. The zero-order chi connectivity index (χ0) is 7.56. The molecule has 0 fully saturated rings. The molecule has 62 valence electrons.